The Kier molecular flexibility index (Phi) is 2.89. The maximum atomic E-state index is 12.0. The SMILES string of the molecule is Cc1cc(C(=O)C(C)Cl)c(C)n1C1CC1(C)C. The van der Waals surface area contributed by atoms with Crippen molar-refractivity contribution in [3.8, 4) is 0 Å². The van der Waals surface area contributed by atoms with Crippen LogP contribution in [0.4, 0.5) is 0 Å². The van der Waals surface area contributed by atoms with Gasteiger partial charge in [-0.25, -0.2) is 0 Å². The highest BCUT2D eigenvalue weighted by Gasteiger charge is 2.48. The van der Waals surface area contributed by atoms with E-state index in [1.54, 1.807) is 6.92 Å². The largest absolute Gasteiger partial charge is 0.345 e. The number of carbonyl (C=O) groups excluding carboxylic acids is 1. The number of Topliss-reactive ketones (excluding diaryl/α,β-unsaturated/α-hetero) is 1. The van der Waals surface area contributed by atoms with E-state index in [-0.39, 0.29) is 5.78 Å². The number of hydrogen-bond acceptors (Lipinski definition) is 1. The van der Waals surface area contributed by atoms with Crippen molar-refractivity contribution in [3.05, 3.63) is 23.0 Å². The molecule has 2 nitrogen and oxygen atoms in total. The molecule has 3 heteroatoms. The van der Waals surface area contributed by atoms with E-state index in [2.05, 4.69) is 25.3 Å². The fraction of sp³-hybridized carbons (Fsp3) is 0.643. The van der Waals surface area contributed by atoms with Crippen molar-refractivity contribution < 1.29 is 4.79 Å². The fourth-order valence-corrected chi connectivity index (χ4v) is 2.72. The molecular weight excluding hydrogens is 234 g/mol. The molecule has 0 radical (unpaired) electrons. The summed E-state index contributed by atoms with van der Waals surface area (Å²) >= 11 is 5.89. The number of rotatable bonds is 3. The Morgan fingerprint density at radius 1 is 1.53 bits per heavy atom. The van der Waals surface area contributed by atoms with Gasteiger partial charge < -0.3 is 4.57 Å². The van der Waals surface area contributed by atoms with Crippen LogP contribution in [0.25, 0.3) is 0 Å². The lowest BCUT2D eigenvalue weighted by Crippen LogP contribution is -2.12. The van der Waals surface area contributed by atoms with Gasteiger partial charge in [0.2, 0.25) is 0 Å². The first-order chi connectivity index (χ1) is 7.75. The topological polar surface area (TPSA) is 22.0 Å². The Bertz CT molecular complexity index is 471. The first-order valence-electron chi connectivity index (χ1n) is 6.12. The summed E-state index contributed by atoms with van der Waals surface area (Å²) in [5.41, 5.74) is 3.38. The van der Waals surface area contributed by atoms with Crippen LogP contribution in [-0.4, -0.2) is 15.7 Å². The average molecular weight is 254 g/mol. The second-order valence-electron chi connectivity index (χ2n) is 5.84. The van der Waals surface area contributed by atoms with Gasteiger partial charge in [0.05, 0.1) is 5.38 Å². The molecule has 1 aliphatic carbocycles. The predicted molar refractivity (Wildman–Crippen MR) is 71.0 cm³/mol. The molecule has 2 rings (SSSR count). The van der Waals surface area contributed by atoms with Crippen LogP contribution < -0.4 is 0 Å². The summed E-state index contributed by atoms with van der Waals surface area (Å²) in [5, 5.41) is -0.448. The van der Waals surface area contributed by atoms with E-state index >= 15 is 0 Å². The van der Waals surface area contributed by atoms with E-state index < -0.39 is 5.38 Å². The van der Waals surface area contributed by atoms with Gasteiger partial charge in [-0.15, -0.1) is 11.6 Å². The van der Waals surface area contributed by atoms with Crippen molar-refractivity contribution in [1.82, 2.24) is 4.57 Å². The molecule has 0 aromatic carbocycles. The Morgan fingerprint density at radius 3 is 2.47 bits per heavy atom. The van der Waals surface area contributed by atoms with Crippen LogP contribution in [0.15, 0.2) is 6.07 Å². The highest BCUT2D eigenvalue weighted by Crippen LogP contribution is 2.56. The summed E-state index contributed by atoms with van der Waals surface area (Å²) in [6.45, 7) is 10.4. The molecule has 1 fully saturated rings. The molecule has 94 valence electrons. The van der Waals surface area contributed by atoms with E-state index in [1.807, 2.05) is 13.0 Å². The third-order valence-corrected chi connectivity index (χ3v) is 4.08. The first-order valence-corrected chi connectivity index (χ1v) is 6.56. The van der Waals surface area contributed by atoms with E-state index in [0.717, 1.165) is 11.3 Å². The molecule has 1 saturated carbocycles. The standard InChI is InChI=1S/C14H20ClNO/c1-8-6-11(13(17)9(2)15)10(3)16(8)12-7-14(12,4)5/h6,9,12H,7H2,1-5H3. The number of aryl methyl sites for hydroxylation is 1. The quantitative estimate of drug-likeness (QED) is 0.592. The zero-order valence-electron chi connectivity index (χ0n) is 11.2. The Hall–Kier alpha value is -0.760. The summed E-state index contributed by atoms with van der Waals surface area (Å²) in [7, 11) is 0. The second kappa shape index (κ2) is 3.88. The Balaban J connectivity index is 2.40. The maximum absolute atomic E-state index is 12.0. The molecule has 2 atom stereocenters. The molecule has 1 aliphatic rings. The molecular formula is C14H20ClNO. The number of hydrogen-bond donors (Lipinski definition) is 0. The first kappa shape index (κ1) is 12.7. The lowest BCUT2D eigenvalue weighted by Gasteiger charge is -2.12. The summed E-state index contributed by atoms with van der Waals surface area (Å²) in [6.07, 6.45) is 1.19. The number of halogens is 1. The van der Waals surface area contributed by atoms with E-state index in [9.17, 15) is 4.79 Å². The van der Waals surface area contributed by atoms with Crippen LogP contribution in [0.3, 0.4) is 0 Å². The lowest BCUT2D eigenvalue weighted by molar-refractivity contribution is 0.0991. The molecule has 0 amide bonds. The smallest absolute Gasteiger partial charge is 0.182 e. The molecule has 0 aliphatic heterocycles. The molecule has 2 unspecified atom stereocenters. The van der Waals surface area contributed by atoms with Crippen LogP contribution in [-0.2, 0) is 0 Å². The molecule has 1 aromatic rings. The third-order valence-electron chi connectivity index (χ3n) is 3.88. The van der Waals surface area contributed by atoms with Gasteiger partial charge in [-0.05, 0) is 38.7 Å². The zero-order valence-corrected chi connectivity index (χ0v) is 11.9. The Morgan fingerprint density at radius 2 is 2.06 bits per heavy atom. The van der Waals surface area contributed by atoms with E-state index in [0.29, 0.717) is 11.5 Å². The number of nitrogens with zero attached hydrogens (tertiary/aromatic N) is 1. The molecule has 0 N–H and O–H groups in total. The van der Waals surface area contributed by atoms with Gasteiger partial charge in [0.25, 0.3) is 0 Å². The molecule has 0 spiro atoms. The molecule has 0 bridgehead atoms. The number of alkyl halides is 1. The number of aromatic nitrogens is 1. The van der Waals surface area contributed by atoms with Crippen molar-refractivity contribution >= 4 is 17.4 Å². The van der Waals surface area contributed by atoms with Crippen LogP contribution in [0.2, 0.25) is 0 Å². The van der Waals surface area contributed by atoms with E-state index in [1.165, 1.54) is 12.1 Å². The molecule has 1 aromatic heterocycles. The normalized spacial score (nSPS) is 23.5. The summed E-state index contributed by atoms with van der Waals surface area (Å²) in [5.74, 6) is 0.0319. The van der Waals surface area contributed by atoms with Gasteiger partial charge >= 0.3 is 0 Å². The van der Waals surface area contributed by atoms with E-state index in [4.69, 9.17) is 11.6 Å². The monoisotopic (exact) mass is 253 g/mol. The fourth-order valence-electron chi connectivity index (χ4n) is 2.60. The highest BCUT2D eigenvalue weighted by atomic mass is 35.5. The van der Waals surface area contributed by atoms with Gasteiger partial charge in [0.1, 0.15) is 0 Å². The van der Waals surface area contributed by atoms with Gasteiger partial charge in [-0.2, -0.15) is 0 Å². The maximum Gasteiger partial charge on any atom is 0.182 e. The number of carbonyl (C=O) groups is 1. The second-order valence-corrected chi connectivity index (χ2v) is 6.50. The minimum atomic E-state index is -0.448. The number of ketones is 1. The molecule has 0 saturated heterocycles. The van der Waals surface area contributed by atoms with Crippen LogP contribution in [0.1, 0.15) is 55.0 Å². The van der Waals surface area contributed by atoms with Gasteiger partial charge in [-0.3, -0.25) is 4.79 Å². The van der Waals surface area contributed by atoms with Gasteiger partial charge in [-0.1, -0.05) is 13.8 Å². The summed E-state index contributed by atoms with van der Waals surface area (Å²) in [6, 6.07) is 2.51. The zero-order chi connectivity index (χ0) is 13.0. The van der Waals surface area contributed by atoms with Crippen molar-refractivity contribution in [1.29, 1.82) is 0 Å². The highest BCUT2D eigenvalue weighted by molar-refractivity contribution is 6.33. The predicted octanol–water partition coefficient (Wildman–Crippen LogP) is 3.89. The minimum absolute atomic E-state index is 0.0319. The summed E-state index contributed by atoms with van der Waals surface area (Å²) in [4.78, 5) is 12.0. The van der Waals surface area contributed by atoms with Crippen LogP contribution >= 0.6 is 11.6 Å². The van der Waals surface area contributed by atoms with Crippen molar-refractivity contribution in [2.24, 2.45) is 5.41 Å². The van der Waals surface area contributed by atoms with Gasteiger partial charge in [0, 0.05) is 23.0 Å². The molecule has 1 heterocycles. The van der Waals surface area contributed by atoms with Crippen molar-refractivity contribution in [2.75, 3.05) is 0 Å². The van der Waals surface area contributed by atoms with Crippen molar-refractivity contribution in [2.45, 2.75) is 52.5 Å². The average Bonchev–Trinajstić information content (AvgIpc) is 2.71. The van der Waals surface area contributed by atoms with Gasteiger partial charge in [0.15, 0.2) is 5.78 Å². The third kappa shape index (κ3) is 2.03. The summed E-state index contributed by atoms with van der Waals surface area (Å²) < 4.78 is 2.30. The lowest BCUT2D eigenvalue weighted by atomic mass is 10.1. The minimum Gasteiger partial charge on any atom is -0.345 e. The molecule has 17 heavy (non-hydrogen) atoms. The van der Waals surface area contributed by atoms with Crippen LogP contribution in [0, 0.1) is 19.3 Å². The van der Waals surface area contributed by atoms with Crippen LogP contribution in [0.5, 0.6) is 0 Å². The Labute approximate surface area is 108 Å². The van der Waals surface area contributed by atoms with Crippen molar-refractivity contribution in [3.63, 3.8) is 0 Å².